The second kappa shape index (κ2) is 7.22. The van der Waals surface area contributed by atoms with Gasteiger partial charge in [0.2, 0.25) is 5.91 Å². The molecular formula is C13H14FNO5. The van der Waals surface area contributed by atoms with E-state index in [9.17, 15) is 18.8 Å². The summed E-state index contributed by atoms with van der Waals surface area (Å²) >= 11 is 0. The summed E-state index contributed by atoms with van der Waals surface area (Å²) in [5, 5.41) is 11.0. The molecule has 0 saturated carbocycles. The molecule has 0 saturated heterocycles. The van der Waals surface area contributed by atoms with Crippen LogP contribution in [0.15, 0.2) is 24.3 Å². The van der Waals surface area contributed by atoms with Crippen LogP contribution in [0.3, 0.4) is 0 Å². The van der Waals surface area contributed by atoms with E-state index in [4.69, 9.17) is 5.11 Å². The summed E-state index contributed by atoms with van der Waals surface area (Å²) in [6.45, 7) is 0. The van der Waals surface area contributed by atoms with Crippen molar-refractivity contribution in [2.75, 3.05) is 7.11 Å². The molecule has 1 rings (SSSR count). The molecule has 108 valence electrons. The molecule has 0 aliphatic heterocycles. The van der Waals surface area contributed by atoms with E-state index < -0.39 is 36.1 Å². The largest absolute Gasteiger partial charge is 0.480 e. The van der Waals surface area contributed by atoms with E-state index in [1.54, 1.807) is 6.07 Å². The smallest absolute Gasteiger partial charge is 0.326 e. The minimum absolute atomic E-state index is 0.146. The molecule has 20 heavy (non-hydrogen) atoms. The number of benzene rings is 1. The zero-order valence-electron chi connectivity index (χ0n) is 10.8. The van der Waals surface area contributed by atoms with Crippen molar-refractivity contribution in [3.63, 3.8) is 0 Å². The van der Waals surface area contributed by atoms with Crippen molar-refractivity contribution in [3.05, 3.63) is 35.6 Å². The number of carbonyl (C=O) groups excluding carboxylic acids is 2. The predicted molar refractivity (Wildman–Crippen MR) is 66.3 cm³/mol. The van der Waals surface area contributed by atoms with Gasteiger partial charge in [0.05, 0.1) is 20.0 Å². The number of nitrogens with one attached hydrogen (secondary N) is 1. The molecule has 0 fully saturated rings. The normalized spacial score (nSPS) is 11.5. The van der Waals surface area contributed by atoms with Gasteiger partial charge in [0.1, 0.15) is 11.9 Å². The fourth-order valence-corrected chi connectivity index (χ4v) is 1.51. The average molecular weight is 283 g/mol. The van der Waals surface area contributed by atoms with Gasteiger partial charge in [-0.1, -0.05) is 18.2 Å². The summed E-state index contributed by atoms with van der Waals surface area (Å²) in [4.78, 5) is 33.6. The Morgan fingerprint density at radius 2 is 2.00 bits per heavy atom. The number of carbonyl (C=O) groups is 3. The monoisotopic (exact) mass is 283 g/mol. The van der Waals surface area contributed by atoms with E-state index in [1.807, 2.05) is 0 Å². The molecule has 1 aromatic rings. The van der Waals surface area contributed by atoms with Crippen LogP contribution in [-0.4, -0.2) is 36.1 Å². The number of aliphatic carboxylic acids is 1. The fourth-order valence-electron chi connectivity index (χ4n) is 1.51. The van der Waals surface area contributed by atoms with Gasteiger partial charge in [0, 0.05) is 0 Å². The molecule has 0 unspecified atom stereocenters. The quantitative estimate of drug-likeness (QED) is 0.742. The summed E-state index contributed by atoms with van der Waals surface area (Å²) < 4.78 is 17.7. The molecule has 0 aromatic heterocycles. The zero-order valence-corrected chi connectivity index (χ0v) is 10.8. The van der Waals surface area contributed by atoms with Crippen LogP contribution in [0.4, 0.5) is 4.39 Å². The highest BCUT2D eigenvalue weighted by Gasteiger charge is 2.24. The Hall–Kier alpha value is -2.44. The van der Waals surface area contributed by atoms with Crippen LogP contribution in [0.25, 0.3) is 0 Å². The molecule has 2 N–H and O–H groups in total. The van der Waals surface area contributed by atoms with Gasteiger partial charge in [-0.05, 0) is 11.6 Å². The number of hydrogen-bond donors (Lipinski definition) is 2. The fraction of sp³-hybridized carbons (Fsp3) is 0.308. The maximum atomic E-state index is 13.3. The van der Waals surface area contributed by atoms with E-state index in [0.29, 0.717) is 0 Å². The van der Waals surface area contributed by atoms with E-state index in [2.05, 4.69) is 10.1 Å². The number of carboxylic acids is 1. The van der Waals surface area contributed by atoms with Gasteiger partial charge in [0.25, 0.3) is 0 Å². The number of esters is 1. The lowest BCUT2D eigenvalue weighted by Gasteiger charge is -2.13. The maximum absolute atomic E-state index is 13.3. The molecule has 6 nitrogen and oxygen atoms in total. The molecule has 1 atom stereocenters. The molecule has 0 aliphatic rings. The topological polar surface area (TPSA) is 92.7 Å². The van der Waals surface area contributed by atoms with Crippen molar-refractivity contribution < 1.29 is 28.6 Å². The van der Waals surface area contributed by atoms with Gasteiger partial charge < -0.3 is 15.2 Å². The van der Waals surface area contributed by atoms with Crippen molar-refractivity contribution in [2.45, 2.75) is 18.9 Å². The van der Waals surface area contributed by atoms with E-state index in [-0.39, 0.29) is 12.0 Å². The zero-order chi connectivity index (χ0) is 15.1. The molecule has 0 spiro atoms. The van der Waals surface area contributed by atoms with Crippen LogP contribution in [0.1, 0.15) is 12.0 Å². The number of ether oxygens (including phenoxy) is 1. The number of methoxy groups -OCH3 is 1. The first-order chi connectivity index (χ1) is 9.43. The molecule has 0 aliphatic carbocycles. The lowest BCUT2D eigenvalue weighted by molar-refractivity contribution is -0.148. The maximum Gasteiger partial charge on any atom is 0.326 e. The first-order valence-corrected chi connectivity index (χ1v) is 5.76. The number of hydrogen-bond acceptors (Lipinski definition) is 4. The lowest BCUT2D eigenvalue weighted by atomic mass is 10.1. The Labute approximate surface area is 114 Å². The summed E-state index contributed by atoms with van der Waals surface area (Å²) in [5.74, 6) is -3.37. The average Bonchev–Trinajstić information content (AvgIpc) is 2.40. The van der Waals surface area contributed by atoms with Gasteiger partial charge in [-0.2, -0.15) is 0 Å². The van der Waals surface area contributed by atoms with Crippen molar-refractivity contribution in [1.82, 2.24) is 5.32 Å². The van der Waals surface area contributed by atoms with E-state index in [0.717, 1.165) is 7.11 Å². The third kappa shape index (κ3) is 4.68. The summed E-state index contributed by atoms with van der Waals surface area (Å²) in [6, 6.07) is 4.27. The number of amides is 1. The van der Waals surface area contributed by atoms with E-state index >= 15 is 0 Å². The minimum atomic E-state index is -1.40. The third-order valence-corrected chi connectivity index (χ3v) is 2.54. The Morgan fingerprint density at radius 1 is 1.35 bits per heavy atom. The summed E-state index contributed by atoms with van der Waals surface area (Å²) in [6.07, 6.45) is -0.799. The predicted octanol–water partition coefficient (Wildman–Crippen LogP) is 0.501. The van der Waals surface area contributed by atoms with E-state index in [1.165, 1.54) is 18.2 Å². The molecule has 0 heterocycles. The number of rotatable bonds is 6. The van der Waals surface area contributed by atoms with Crippen LogP contribution in [0.5, 0.6) is 0 Å². The number of halogens is 1. The SMILES string of the molecule is COC(=O)C[C@H](NC(=O)Cc1ccccc1F)C(=O)O. The Morgan fingerprint density at radius 3 is 2.55 bits per heavy atom. The van der Waals surface area contributed by atoms with Crippen molar-refractivity contribution in [3.8, 4) is 0 Å². The van der Waals surface area contributed by atoms with Crippen LogP contribution in [-0.2, 0) is 25.5 Å². The van der Waals surface area contributed by atoms with Crippen LogP contribution in [0.2, 0.25) is 0 Å². The minimum Gasteiger partial charge on any atom is -0.480 e. The number of carboxylic acid groups (broad SMARTS) is 1. The molecular weight excluding hydrogens is 269 g/mol. The standard InChI is InChI=1S/C13H14FNO5/c1-20-12(17)7-10(13(18)19)15-11(16)6-8-4-2-3-5-9(8)14/h2-5,10H,6-7H2,1H3,(H,15,16)(H,18,19)/t10-/m0/s1. The molecule has 0 bridgehead atoms. The highest BCUT2D eigenvalue weighted by Crippen LogP contribution is 2.07. The molecule has 1 aromatic carbocycles. The van der Waals surface area contributed by atoms with Crippen LogP contribution in [0, 0.1) is 5.82 Å². The van der Waals surface area contributed by atoms with Crippen molar-refractivity contribution >= 4 is 17.8 Å². The third-order valence-electron chi connectivity index (χ3n) is 2.54. The van der Waals surface area contributed by atoms with Crippen LogP contribution < -0.4 is 5.32 Å². The van der Waals surface area contributed by atoms with Gasteiger partial charge in [0.15, 0.2) is 0 Å². The van der Waals surface area contributed by atoms with Gasteiger partial charge in [-0.15, -0.1) is 0 Å². The summed E-state index contributed by atoms with van der Waals surface area (Å²) in [5.41, 5.74) is 0.146. The second-order valence-electron chi connectivity index (χ2n) is 4.01. The first kappa shape index (κ1) is 15.6. The van der Waals surface area contributed by atoms with Gasteiger partial charge in [-0.25, -0.2) is 9.18 Å². The van der Waals surface area contributed by atoms with Gasteiger partial charge in [-0.3, -0.25) is 9.59 Å². The Balaban J connectivity index is 2.65. The van der Waals surface area contributed by atoms with Crippen LogP contribution >= 0.6 is 0 Å². The first-order valence-electron chi connectivity index (χ1n) is 5.76. The van der Waals surface area contributed by atoms with Gasteiger partial charge >= 0.3 is 11.9 Å². The molecule has 0 radical (unpaired) electrons. The highest BCUT2D eigenvalue weighted by atomic mass is 19.1. The molecule has 1 amide bonds. The summed E-state index contributed by atoms with van der Waals surface area (Å²) in [7, 11) is 1.11. The Kier molecular flexibility index (Phi) is 5.64. The highest BCUT2D eigenvalue weighted by molar-refractivity contribution is 5.87. The van der Waals surface area contributed by atoms with Crippen molar-refractivity contribution in [1.29, 1.82) is 0 Å². The Bertz CT molecular complexity index is 517. The lowest BCUT2D eigenvalue weighted by Crippen LogP contribution is -2.43. The molecule has 7 heteroatoms. The second-order valence-corrected chi connectivity index (χ2v) is 4.01. The van der Waals surface area contributed by atoms with Crippen molar-refractivity contribution in [2.24, 2.45) is 0 Å².